The number of hydrogen-bond donors (Lipinski definition) is 3. The van der Waals surface area contributed by atoms with Crippen LogP contribution in [0.5, 0.6) is 0 Å². The van der Waals surface area contributed by atoms with Gasteiger partial charge in [-0.25, -0.2) is 0 Å². The summed E-state index contributed by atoms with van der Waals surface area (Å²) < 4.78 is 19.1. The number of esters is 1. The van der Waals surface area contributed by atoms with Crippen LogP contribution in [0.1, 0.15) is 126 Å². The number of rotatable bonds is 11. The van der Waals surface area contributed by atoms with E-state index in [0.29, 0.717) is 37.9 Å². The van der Waals surface area contributed by atoms with Crippen LogP contribution >= 0.6 is 0 Å². The minimum absolute atomic E-state index is 0.0270. The number of Topliss-reactive ketones (excluding diaryl/α,β-unsaturated/α-hetero) is 1. The molecule has 0 bridgehead atoms. The van der Waals surface area contributed by atoms with Crippen molar-refractivity contribution in [2.75, 3.05) is 53.4 Å². The minimum Gasteiger partial charge on any atom is -0.462 e. The Kier molecular flexibility index (Phi) is 22.3. The molecule has 0 aromatic rings. The molecular formula is C46H81N3O9. The number of piperidine rings is 2. The van der Waals surface area contributed by atoms with Gasteiger partial charge < -0.3 is 44.2 Å². The Bertz CT molecular complexity index is 1290. The predicted molar refractivity (Wildman–Crippen MR) is 228 cm³/mol. The Morgan fingerprint density at radius 3 is 2.03 bits per heavy atom. The highest BCUT2D eigenvalue weighted by Crippen LogP contribution is 2.35. The standard InChI is InChI=1S/C41H71N3O8.C5H10O/c1-8-35-32(26-44-20-13-10-14-21-44)23-27(2)15-16-33(45)28(3)24-31(17-22-43-18-11-9-12-19-43)40(29(4)34(46)25-36(47)51-35)52-41-39(49)37(42(6)7)38(48)30(5)50-41;1-3-5(6)4-2/h15-16,23,28-32,34-35,37-41,46,48-49H,8-14,17-22,24-26H2,1-7H3;3-4H2,1-2H3/b16-15+,27-23+;/t28?,29?,30-,31?,32?,34?,35?,37-,38+,39-,40?,41-;/m0./s1. The summed E-state index contributed by atoms with van der Waals surface area (Å²) in [6, 6.07) is -0.632. The number of ketones is 2. The monoisotopic (exact) mass is 820 g/mol. The summed E-state index contributed by atoms with van der Waals surface area (Å²) in [5, 5.41) is 34.2. The summed E-state index contributed by atoms with van der Waals surface area (Å²) in [4.78, 5) is 44.3. The van der Waals surface area contributed by atoms with Crippen LogP contribution in [0.3, 0.4) is 0 Å². The highest BCUT2D eigenvalue weighted by molar-refractivity contribution is 5.91. The highest BCUT2D eigenvalue weighted by Gasteiger charge is 2.47. The average Bonchev–Trinajstić information content (AvgIpc) is 3.21. The van der Waals surface area contributed by atoms with E-state index >= 15 is 0 Å². The molecule has 12 heteroatoms. The van der Waals surface area contributed by atoms with Gasteiger partial charge in [0.2, 0.25) is 0 Å². The van der Waals surface area contributed by atoms with Crippen molar-refractivity contribution >= 4 is 17.5 Å². The number of hydrogen-bond acceptors (Lipinski definition) is 12. The number of likely N-dealkylation sites (tertiary alicyclic amines) is 2. The topological polar surface area (TPSA) is 149 Å². The van der Waals surface area contributed by atoms with Crippen molar-refractivity contribution in [3.05, 3.63) is 23.8 Å². The normalized spacial score (nSPS) is 36.9. The molecule has 0 aromatic carbocycles. The van der Waals surface area contributed by atoms with Crippen LogP contribution in [0.2, 0.25) is 0 Å². The number of cyclic esters (lactones) is 1. The number of carbonyl (C=O) groups excluding carboxylic acids is 3. The van der Waals surface area contributed by atoms with E-state index in [2.05, 4.69) is 15.9 Å². The smallest absolute Gasteiger partial charge is 0.308 e. The first-order chi connectivity index (χ1) is 27.6. The average molecular weight is 820 g/mol. The Labute approximate surface area is 350 Å². The second-order valence-corrected chi connectivity index (χ2v) is 17.8. The SMILES string of the molecule is CCC(=O)CC.CCC1OC(=O)CC(O)C(C)C(O[C@@H]2O[C@@H](C)[C@@H](O)[C@H](N(C)C)[C@@H]2O)C(CCN2CCCCC2)CC(C)C(=O)/C=C/C(C)=C/C1CN1CCCCC1. The largest absolute Gasteiger partial charge is 0.462 e. The van der Waals surface area contributed by atoms with E-state index in [9.17, 15) is 29.7 Å². The van der Waals surface area contributed by atoms with Crippen LogP contribution in [0.15, 0.2) is 23.8 Å². The van der Waals surface area contributed by atoms with Gasteiger partial charge in [-0.2, -0.15) is 0 Å². The quantitative estimate of drug-likeness (QED) is 0.224. The third-order valence-electron chi connectivity index (χ3n) is 12.9. The molecule has 3 N–H and O–H groups in total. The van der Waals surface area contributed by atoms with E-state index in [4.69, 9.17) is 14.2 Å². The summed E-state index contributed by atoms with van der Waals surface area (Å²) in [5.74, 6) is -1.24. The number of likely N-dealkylation sites (N-methyl/N-ethyl adjacent to an activating group) is 1. The van der Waals surface area contributed by atoms with Crippen molar-refractivity contribution in [2.45, 2.75) is 174 Å². The van der Waals surface area contributed by atoms with E-state index in [1.165, 1.54) is 12.8 Å². The Balaban J connectivity index is 0.00000139. The van der Waals surface area contributed by atoms with E-state index < -0.39 is 54.7 Å². The summed E-state index contributed by atoms with van der Waals surface area (Å²) in [6.07, 6.45) is 9.87. The molecule has 12 nitrogen and oxygen atoms in total. The fourth-order valence-corrected chi connectivity index (χ4v) is 9.08. The number of nitrogens with zero attached hydrogens (tertiary/aromatic N) is 3. The summed E-state index contributed by atoms with van der Waals surface area (Å²) >= 11 is 0. The second kappa shape index (κ2) is 25.7. The van der Waals surface area contributed by atoms with Gasteiger partial charge >= 0.3 is 5.97 Å². The summed E-state index contributed by atoms with van der Waals surface area (Å²) in [5.41, 5.74) is 0.954. The molecule has 0 amide bonds. The number of aliphatic hydroxyl groups is 3. The molecule has 0 saturated carbocycles. The first kappa shape index (κ1) is 50.3. The zero-order chi connectivity index (χ0) is 42.9. The number of aliphatic hydroxyl groups excluding tert-OH is 3. The second-order valence-electron chi connectivity index (χ2n) is 17.8. The number of allylic oxidation sites excluding steroid dienone is 3. The number of ether oxygens (including phenoxy) is 3. The summed E-state index contributed by atoms with van der Waals surface area (Å²) in [6.45, 7) is 19.0. The maximum absolute atomic E-state index is 13.8. The van der Waals surface area contributed by atoms with Crippen molar-refractivity contribution in [3.8, 4) is 0 Å². The van der Waals surface area contributed by atoms with E-state index in [1.807, 2.05) is 47.6 Å². The Morgan fingerprint density at radius 2 is 1.48 bits per heavy atom. The molecule has 0 spiro atoms. The van der Waals surface area contributed by atoms with Gasteiger partial charge in [-0.05, 0) is 118 Å². The third-order valence-corrected chi connectivity index (χ3v) is 12.9. The van der Waals surface area contributed by atoms with E-state index in [0.717, 1.165) is 70.5 Å². The first-order valence-electron chi connectivity index (χ1n) is 22.7. The maximum atomic E-state index is 13.8. The lowest BCUT2D eigenvalue weighted by Gasteiger charge is -2.47. The van der Waals surface area contributed by atoms with Gasteiger partial charge in [0.05, 0.1) is 36.9 Å². The lowest BCUT2D eigenvalue weighted by Crippen LogP contribution is -2.63. The fraction of sp³-hybridized carbons (Fsp3) is 0.848. The van der Waals surface area contributed by atoms with Crippen LogP contribution in [-0.4, -0.2) is 150 Å². The van der Waals surface area contributed by atoms with Crippen LogP contribution in [0.25, 0.3) is 0 Å². The molecule has 0 aliphatic carbocycles. The molecule has 3 saturated heterocycles. The van der Waals surface area contributed by atoms with Crippen molar-refractivity contribution in [3.63, 3.8) is 0 Å². The highest BCUT2D eigenvalue weighted by atomic mass is 16.7. The lowest BCUT2D eigenvalue weighted by atomic mass is 9.79. The molecule has 4 aliphatic heterocycles. The lowest BCUT2D eigenvalue weighted by molar-refractivity contribution is -0.304. The van der Waals surface area contributed by atoms with Crippen molar-refractivity contribution < 1.29 is 43.9 Å². The maximum Gasteiger partial charge on any atom is 0.308 e. The van der Waals surface area contributed by atoms with Crippen LogP contribution in [0.4, 0.5) is 0 Å². The van der Waals surface area contributed by atoms with Crippen molar-refractivity contribution in [1.82, 2.24) is 14.7 Å². The van der Waals surface area contributed by atoms with Gasteiger partial charge in [0.1, 0.15) is 18.0 Å². The van der Waals surface area contributed by atoms with Gasteiger partial charge in [0.25, 0.3) is 0 Å². The Morgan fingerprint density at radius 1 is 0.879 bits per heavy atom. The van der Waals surface area contributed by atoms with Crippen LogP contribution in [-0.2, 0) is 28.6 Å². The first-order valence-corrected chi connectivity index (χ1v) is 22.7. The molecule has 12 atom stereocenters. The molecule has 0 radical (unpaired) electrons. The van der Waals surface area contributed by atoms with E-state index in [1.54, 1.807) is 32.0 Å². The van der Waals surface area contributed by atoms with Gasteiger partial charge in [0.15, 0.2) is 12.1 Å². The fourth-order valence-electron chi connectivity index (χ4n) is 9.08. The molecule has 3 fully saturated rings. The Hall–Kier alpha value is -2.03. The van der Waals surface area contributed by atoms with Gasteiger partial charge in [-0.3, -0.25) is 14.4 Å². The summed E-state index contributed by atoms with van der Waals surface area (Å²) in [7, 11) is 3.60. The van der Waals surface area contributed by atoms with Crippen molar-refractivity contribution in [1.29, 1.82) is 0 Å². The molecule has 58 heavy (non-hydrogen) atoms. The molecule has 0 aromatic heterocycles. The van der Waals surface area contributed by atoms with E-state index in [-0.39, 0.29) is 36.1 Å². The predicted octanol–water partition coefficient (Wildman–Crippen LogP) is 5.56. The molecule has 334 valence electrons. The minimum atomic E-state index is -1.17. The third kappa shape index (κ3) is 15.8. The molecule has 7 unspecified atom stereocenters. The van der Waals surface area contributed by atoms with Crippen LogP contribution in [0, 0.1) is 23.7 Å². The van der Waals surface area contributed by atoms with Gasteiger partial charge in [0, 0.05) is 37.1 Å². The zero-order valence-corrected chi connectivity index (χ0v) is 37.5. The zero-order valence-electron chi connectivity index (χ0n) is 37.5. The van der Waals surface area contributed by atoms with Gasteiger partial charge in [-0.1, -0.05) is 65.2 Å². The number of carbonyl (C=O) groups is 3. The molecule has 4 aliphatic rings. The van der Waals surface area contributed by atoms with Crippen molar-refractivity contribution in [2.24, 2.45) is 23.7 Å². The molecular weight excluding hydrogens is 739 g/mol. The molecule has 4 rings (SSSR count). The van der Waals surface area contributed by atoms with Crippen LogP contribution < -0.4 is 0 Å². The molecule has 4 heterocycles. The van der Waals surface area contributed by atoms with Gasteiger partial charge in [-0.15, -0.1) is 0 Å².